The molecule has 11 heteroatoms. The van der Waals surface area contributed by atoms with E-state index < -0.39 is 11.7 Å². The van der Waals surface area contributed by atoms with Gasteiger partial charge in [-0.15, -0.1) is 0 Å². The predicted octanol–water partition coefficient (Wildman–Crippen LogP) is 5.71. The first-order valence-electron chi connectivity index (χ1n) is 17.4. The molecule has 1 aromatic carbocycles. The second-order valence-electron chi connectivity index (χ2n) is 14.1. The van der Waals surface area contributed by atoms with Crippen molar-refractivity contribution in [1.29, 1.82) is 0 Å². The number of ether oxygens (including phenoxy) is 4. The zero-order valence-corrected chi connectivity index (χ0v) is 31.0. The molecule has 2 rings (SSSR count). The average Bonchev–Trinajstić information content (AvgIpc) is 3.04. The van der Waals surface area contributed by atoms with Crippen molar-refractivity contribution in [3.8, 4) is 11.5 Å². The molecule has 1 fully saturated rings. The van der Waals surface area contributed by atoms with Crippen LogP contribution in [0.5, 0.6) is 11.5 Å². The Morgan fingerprint density at radius 1 is 1.00 bits per heavy atom. The zero-order chi connectivity index (χ0) is 35.7. The van der Waals surface area contributed by atoms with E-state index in [2.05, 4.69) is 36.6 Å². The van der Waals surface area contributed by atoms with Crippen molar-refractivity contribution in [2.45, 2.75) is 110 Å². The number of methoxy groups -OCH3 is 2. The molecule has 1 saturated heterocycles. The van der Waals surface area contributed by atoms with E-state index in [1.165, 1.54) is 7.11 Å². The molecular formula is C37H62N4O7. The molecule has 1 atom stereocenters. The fourth-order valence-corrected chi connectivity index (χ4v) is 5.31. The van der Waals surface area contributed by atoms with Gasteiger partial charge >= 0.3 is 6.09 Å². The van der Waals surface area contributed by atoms with Gasteiger partial charge in [0.05, 0.1) is 31.0 Å². The Bertz CT molecular complexity index is 1180. The first kappa shape index (κ1) is 41.0. The number of allylic oxidation sites excluding steroid dienone is 2. The number of carbonyl (C=O) groups excluding carboxylic acids is 3. The molecule has 3 amide bonds. The number of likely N-dealkylation sites (N-methyl/N-ethyl adjacent to an activating group) is 1. The van der Waals surface area contributed by atoms with Crippen LogP contribution in [0.2, 0.25) is 0 Å². The van der Waals surface area contributed by atoms with Crippen LogP contribution < -0.4 is 20.1 Å². The van der Waals surface area contributed by atoms with Crippen molar-refractivity contribution < 1.29 is 33.3 Å². The molecular weight excluding hydrogens is 612 g/mol. The summed E-state index contributed by atoms with van der Waals surface area (Å²) < 4.78 is 22.9. The molecule has 0 spiro atoms. The van der Waals surface area contributed by atoms with Gasteiger partial charge in [0.1, 0.15) is 0 Å². The van der Waals surface area contributed by atoms with E-state index in [0.717, 1.165) is 31.2 Å². The van der Waals surface area contributed by atoms with Crippen molar-refractivity contribution in [3.05, 3.63) is 35.9 Å². The fourth-order valence-electron chi connectivity index (χ4n) is 5.31. The van der Waals surface area contributed by atoms with E-state index in [4.69, 9.17) is 18.9 Å². The Morgan fingerprint density at radius 2 is 1.75 bits per heavy atom. The predicted molar refractivity (Wildman–Crippen MR) is 189 cm³/mol. The van der Waals surface area contributed by atoms with Crippen LogP contribution in [0.25, 0.3) is 0 Å². The summed E-state index contributed by atoms with van der Waals surface area (Å²) in [5, 5.41) is 6.10. The number of piperazine rings is 1. The summed E-state index contributed by atoms with van der Waals surface area (Å²) >= 11 is 0. The molecule has 0 radical (unpaired) electrons. The lowest BCUT2D eigenvalue weighted by Crippen LogP contribution is -2.59. The van der Waals surface area contributed by atoms with Crippen molar-refractivity contribution in [2.75, 3.05) is 54.1 Å². The van der Waals surface area contributed by atoms with Crippen LogP contribution in [0.15, 0.2) is 30.4 Å². The Hall–Kier alpha value is -3.15. The summed E-state index contributed by atoms with van der Waals surface area (Å²) in [6.07, 6.45) is 8.85. The third kappa shape index (κ3) is 15.0. The number of hydrogen-bond donors (Lipinski definition) is 2. The average molecular weight is 675 g/mol. The third-order valence-electron chi connectivity index (χ3n) is 8.66. The summed E-state index contributed by atoms with van der Waals surface area (Å²) in [5.41, 5.74) is 0.139. The van der Waals surface area contributed by atoms with Crippen LogP contribution in [-0.2, 0) is 25.6 Å². The summed E-state index contributed by atoms with van der Waals surface area (Å²) in [6.45, 7) is 14.9. The van der Waals surface area contributed by atoms with E-state index in [9.17, 15) is 14.4 Å². The minimum Gasteiger partial charge on any atom is -0.493 e. The van der Waals surface area contributed by atoms with Crippen LogP contribution in [0.1, 0.15) is 92.1 Å². The lowest BCUT2D eigenvalue weighted by molar-refractivity contribution is -0.136. The molecule has 1 aliphatic heterocycles. The maximum atomic E-state index is 13.4. The lowest BCUT2D eigenvalue weighted by Gasteiger charge is -2.41. The maximum Gasteiger partial charge on any atom is 0.415 e. The molecule has 1 aliphatic rings. The Labute approximate surface area is 289 Å². The number of amides is 3. The van der Waals surface area contributed by atoms with Crippen LogP contribution in [0.3, 0.4) is 0 Å². The molecule has 2 N–H and O–H groups in total. The van der Waals surface area contributed by atoms with Gasteiger partial charge in [-0.05, 0) is 90.5 Å². The molecule has 272 valence electrons. The monoisotopic (exact) mass is 674 g/mol. The molecule has 0 aliphatic carbocycles. The highest BCUT2D eigenvalue weighted by Crippen LogP contribution is 2.29. The molecule has 1 heterocycles. The SMILES string of the molecule is CNCC1CN(C(=O)CCC(C)(C)OCCC(C)(C)OC)CCN1C(=O)Oc1ccc(CNC(=O)CCCC/C=C/C(C)C)cc1OC. The summed E-state index contributed by atoms with van der Waals surface area (Å²) in [4.78, 5) is 42.4. The van der Waals surface area contributed by atoms with E-state index in [1.54, 1.807) is 24.1 Å². The quantitative estimate of drug-likeness (QED) is 0.134. The van der Waals surface area contributed by atoms with Gasteiger partial charge in [0, 0.05) is 52.7 Å². The fraction of sp³-hybridized carbons (Fsp3) is 0.703. The van der Waals surface area contributed by atoms with Gasteiger partial charge < -0.3 is 39.4 Å². The first-order valence-corrected chi connectivity index (χ1v) is 17.4. The van der Waals surface area contributed by atoms with E-state index in [1.807, 2.05) is 45.7 Å². The largest absolute Gasteiger partial charge is 0.493 e. The highest BCUT2D eigenvalue weighted by Gasteiger charge is 2.34. The summed E-state index contributed by atoms with van der Waals surface area (Å²) in [7, 11) is 5.03. The first-order chi connectivity index (χ1) is 22.7. The molecule has 0 bridgehead atoms. The molecule has 0 aromatic heterocycles. The van der Waals surface area contributed by atoms with Crippen molar-refractivity contribution in [3.63, 3.8) is 0 Å². The number of benzene rings is 1. The molecule has 1 aromatic rings. The minimum atomic E-state index is -0.501. The lowest BCUT2D eigenvalue weighted by atomic mass is 10.0. The third-order valence-corrected chi connectivity index (χ3v) is 8.66. The van der Waals surface area contributed by atoms with E-state index in [0.29, 0.717) is 76.0 Å². The maximum absolute atomic E-state index is 13.4. The smallest absolute Gasteiger partial charge is 0.415 e. The summed E-state index contributed by atoms with van der Waals surface area (Å²) in [5.74, 6) is 1.29. The van der Waals surface area contributed by atoms with Crippen LogP contribution >= 0.6 is 0 Å². The Morgan fingerprint density at radius 3 is 2.42 bits per heavy atom. The normalized spacial score (nSPS) is 15.7. The van der Waals surface area contributed by atoms with E-state index in [-0.39, 0.29) is 23.5 Å². The van der Waals surface area contributed by atoms with Gasteiger partial charge in [-0.3, -0.25) is 9.59 Å². The minimum absolute atomic E-state index is 0.00428. The number of nitrogens with zero attached hydrogens (tertiary/aromatic N) is 2. The van der Waals surface area contributed by atoms with E-state index >= 15 is 0 Å². The van der Waals surface area contributed by atoms with Crippen LogP contribution in [0, 0.1) is 5.92 Å². The standard InChI is InChI=1S/C37H62N4O7/c1-28(2)14-12-10-11-13-15-33(42)39-25-29-16-17-31(32(24-29)45-8)48-35(44)41-22-21-40(27-30(41)26-38-7)34(43)18-19-37(5,6)47-23-20-36(3,4)46-9/h12,14,16-17,24,28,30,38H,10-11,13,15,18-23,25-27H2,1-9H3,(H,39,42)/b14-12+. The van der Waals surface area contributed by atoms with Gasteiger partial charge in [0.15, 0.2) is 11.5 Å². The van der Waals surface area contributed by atoms with Crippen molar-refractivity contribution in [2.24, 2.45) is 5.92 Å². The van der Waals surface area contributed by atoms with Crippen LogP contribution in [-0.4, -0.2) is 99.0 Å². The Kier molecular flexibility index (Phi) is 17.4. The number of nitrogens with one attached hydrogen (secondary N) is 2. The molecule has 1 unspecified atom stereocenters. The number of hydrogen-bond acceptors (Lipinski definition) is 8. The highest BCUT2D eigenvalue weighted by molar-refractivity contribution is 5.78. The molecule has 0 saturated carbocycles. The summed E-state index contributed by atoms with van der Waals surface area (Å²) in [6, 6.07) is 5.01. The number of carbonyl (C=O) groups is 3. The van der Waals surface area contributed by atoms with Gasteiger partial charge in [0.2, 0.25) is 11.8 Å². The second-order valence-corrected chi connectivity index (χ2v) is 14.1. The number of rotatable bonds is 20. The van der Waals surface area contributed by atoms with Crippen LogP contribution in [0.4, 0.5) is 4.79 Å². The van der Waals surface area contributed by atoms with Gasteiger partial charge in [0.25, 0.3) is 0 Å². The van der Waals surface area contributed by atoms with Crippen molar-refractivity contribution in [1.82, 2.24) is 20.4 Å². The second kappa shape index (κ2) is 20.4. The zero-order valence-electron chi connectivity index (χ0n) is 31.0. The number of unbranched alkanes of at least 4 members (excludes halogenated alkanes) is 2. The highest BCUT2D eigenvalue weighted by atomic mass is 16.6. The topological polar surface area (TPSA) is 119 Å². The molecule has 48 heavy (non-hydrogen) atoms. The van der Waals surface area contributed by atoms with Gasteiger partial charge in [-0.1, -0.05) is 32.1 Å². The van der Waals surface area contributed by atoms with Gasteiger partial charge in [-0.2, -0.15) is 0 Å². The Balaban J connectivity index is 1.88. The van der Waals surface area contributed by atoms with Gasteiger partial charge in [-0.25, -0.2) is 4.79 Å². The van der Waals surface area contributed by atoms with Crippen molar-refractivity contribution >= 4 is 17.9 Å². The molecule has 11 nitrogen and oxygen atoms in total.